The van der Waals surface area contributed by atoms with E-state index in [0.717, 1.165) is 29.7 Å². The topological polar surface area (TPSA) is 22.0 Å². The maximum Gasteiger partial charge on any atom is 0.150 e. The summed E-state index contributed by atoms with van der Waals surface area (Å²) in [5, 5.41) is 1.08. The van der Waals surface area contributed by atoms with Crippen LogP contribution in [0.4, 0.5) is 0 Å². The van der Waals surface area contributed by atoms with E-state index in [4.69, 9.17) is 0 Å². The molecule has 0 spiro atoms. The SMILES string of the molecule is O=Cc1cccc2c1ccn2CC1CCC1. The molecule has 2 heteroatoms. The Morgan fingerprint density at radius 1 is 1.31 bits per heavy atom. The van der Waals surface area contributed by atoms with Crippen LogP contribution in [0.3, 0.4) is 0 Å². The van der Waals surface area contributed by atoms with Crippen molar-refractivity contribution in [1.29, 1.82) is 0 Å². The summed E-state index contributed by atoms with van der Waals surface area (Å²) in [7, 11) is 0. The molecule has 82 valence electrons. The molecule has 0 unspecified atom stereocenters. The van der Waals surface area contributed by atoms with Crippen LogP contribution in [0.5, 0.6) is 0 Å². The van der Waals surface area contributed by atoms with Crippen molar-refractivity contribution in [2.24, 2.45) is 5.92 Å². The summed E-state index contributed by atoms with van der Waals surface area (Å²) >= 11 is 0. The van der Waals surface area contributed by atoms with E-state index >= 15 is 0 Å². The van der Waals surface area contributed by atoms with Gasteiger partial charge in [0.2, 0.25) is 0 Å². The van der Waals surface area contributed by atoms with E-state index in [-0.39, 0.29) is 0 Å². The van der Waals surface area contributed by atoms with Crippen molar-refractivity contribution < 1.29 is 4.79 Å². The number of hydrogen-bond acceptors (Lipinski definition) is 1. The van der Waals surface area contributed by atoms with Crippen molar-refractivity contribution in [1.82, 2.24) is 4.57 Å². The predicted octanol–water partition coefficient (Wildman–Crippen LogP) is 3.25. The van der Waals surface area contributed by atoms with Crippen LogP contribution in [-0.4, -0.2) is 10.9 Å². The summed E-state index contributed by atoms with van der Waals surface area (Å²) in [5.74, 6) is 0.843. The van der Waals surface area contributed by atoms with Crippen molar-refractivity contribution in [3.05, 3.63) is 36.0 Å². The molecule has 1 aliphatic rings. The standard InChI is InChI=1S/C14H15NO/c16-10-12-5-2-6-14-13(12)7-8-15(14)9-11-3-1-4-11/h2,5-8,10-11H,1,3-4,9H2. The highest BCUT2D eigenvalue weighted by Crippen LogP contribution is 2.29. The molecule has 1 fully saturated rings. The molecule has 0 saturated heterocycles. The highest BCUT2D eigenvalue weighted by Gasteiger charge is 2.18. The Morgan fingerprint density at radius 3 is 2.88 bits per heavy atom. The Balaban J connectivity index is 2.02. The molecule has 1 aromatic heterocycles. The Kier molecular flexibility index (Phi) is 2.28. The first kappa shape index (κ1) is 9.64. The van der Waals surface area contributed by atoms with Crippen LogP contribution in [0.1, 0.15) is 29.6 Å². The van der Waals surface area contributed by atoms with Crippen molar-refractivity contribution in [3.8, 4) is 0 Å². The summed E-state index contributed by atoms with van der Waals surface area (Å²) < 4.78 is 2.28. The van der Waals surface area contributed by atoms with Gasteiger partial charge in [-0.2, -0.15) is 0 Å². The lowest BCUT2D eigenvalue weighted by Gasteiger charge is -2.26. The van der Waals surface area contributed by atoms with Gasteiger partial charge in [0.25, 0.3) is 0 Å². The molecule has 3 rings (SSSR count). The van der Waals surface area contributed by atoms with Gasteiger partial charge in [-0.3, -0.25) is 4.79 Å². The lowest BCUT2D eigenvalue weighted by Crippen LogP contribution is -2.17. The fraction of sp³-hybridized carbons (Fsp3) is 0.357. The maximum atomic E-state index is 10.9. The number of hydrogen-bond donors (Lipinski definition) is 0. The molecule has 1 aromatic carbocycles. The van der Waals surface area contributed by atoms with E-state index in [1.165, 1.54) is 24.8 Å². The van der Waals surface area contributed by atoms with Gasteiger partial charge >= 0.3 is 0 Å². The second-order valence-corrected chi connectivity index (χ2v) is 4.66. The fourth-order valence-electron chi connectivity index (χ4n) is 2.46. The van der Waals surface area contributed by atoms with Crippen LogP contribution in [0.25, 0.3) is 10.9 Å². The zero-order valence-electron chi connectivity index (χ0n) is 9.23. The molecule has 2 aromatic rings. The molecular formula is C14H15NO. The molecule has 0 bridgehead atoms. The van der Waals surface area contributed by atoms with Gasteiger partial charge in [-0.1, -0.05) is 18.6 Å². The molecule has 1 saturated carbocycles. The van der Waals surface area contributed by atoms with Gasteiger partial charge in [-0.15, -0.1) is 0 Å². The van der Waals surface area contributed by atoms with Crippen LogP contribution in [-0.2, 0) is 6.54 Å². The van der Waals surface area contributed by atoms with Crippen LogP contribution in [0.2, 0.25) is 0 Å². The maximum absolute atomic E-state index is 10.9. The van der Waals surface area contributed by atoms with Crippen LogP contribution in [0, 0.1) is 5.92 Å². The Hall–Kier alpha value is -1.57. The first-order chi connectivity index (χ1) is 7.88. The third kappa shape index (κ3) is 1.45. The van der Waals surface area contributed by atoms with E-state index in [9.17, 15) is 4.79 Å². The summed E-state index contributed by atoms with van der Waals surface area (Å²) in [6.45, 7) is 1.10. The molecular weight excluding hydrogens is 198 g/mol. The largest absolute Gasteiger partial charge is 0.347 e. The average Bonchev–Trinajstić information content (AvgIpc) is 2.66. The third-order valence-corrected chi connectivity index (χ3v) is 3.65. The van der Waals surface area contributed by atoms with Crippen molar-refractivity contribution in [3.63, 3.8) is 0 Å². The summed E-state index contributed by atoms with van der Waals surface area (Å²) in [6.07, 6.45) is 7.13. The van der Waals surface area contributed by atoms with Gasteiger partial charge in [0.05, 0.1) is 0 Å². The molecule has 2 nitrogen and oxygen atoms in total. The minimum Gasteiger partial charge on any atom is -0.347 e. The number of carbonyl (C=O) groups excluding carboxylic acids is 1. The second-order valence-electron chi connectivity index (χ2n) is 4.66. The van der Waals surface area contributed by atoms with Crippen molar-refractivity contribution in [2.45, 2.75) is 25.8 Å². The number of aldehydes is 1. The molecule has 0 N–H and O–H groups in total. The monoisotopic (exact) mass is 213 g/mol. The summed E-state index contributed by atoms with van der Waals surface area (Å²) in [6, 6.07) is 7.99. The average molecular weight is 213 g/mol. The first-order valence-electron chi connectivity index (χ1n) is 5.91. The number of aromatic nitrogens is 1. The van der Waals surface area contributed by atoms with E-state index in [1.54, 1.807) is 0 Å². The van der Waals surface area contributed by atoms with E-state index in [1.807, 2.05) is 12.1 Å². The number of carbonyl (C=O) groups is 1. The molecule has 0 radical (unpaired) electrons. The smallest absolute Gasteiger partial charge is 0.150 e. The lowest BCUT2D eigenvalue weighted by molar-refractivity contribution is 0.112. The van der Waals surface area contributed by atoms with Gasteiger partial charge in [-0.25, -0.2) is 0 Å². The van der Waals surface area contributed by atoms with Crippen molar-refractivity contribution in [2.75, 3.05) is 0 Å². The highest BCUT2D eigenvalue weighted by atomic mass is 16.1. The quantitative estimate of drug-likeness (QED) is 0.717. The molecule has 0 aliphatic heterocycles. The Labute approximate surface area is 94.9 Å². The zero-order chi connectivity index (χ0) is 11.0. The van der Waals surface area contributed by atoms with Crippen LogP contribution in [0.15, 0.2) is 30.5 Å². The summed E-state index contributed by atoms with van der Waals surface area (Å²) in [4.78, 5) is 10.9. The number of benzene rings is 1. The first-order valence-corrected chi connectivity index (χ1v) is 5.91. The molecule has 0 atom stereocenters. The molecule has 1 aliphatic carbocycles. The van der Waals surface area contributed by atoms with E-state index < -0.39 is 0 Å². The second kappa shape index (κ2) is 3.78. The van der Waals surface area contributed by atoms with Crippen LogP contribution >= 0.6 is 0 Å². The molecule has 16 heavy (non-hydrogen) atoms. The van der Waals surface area contributed by atoms with E-state index in [2.05, 4.69) is 22.9 Å². The third-order valence-electron chi connectivity index (χ3n) is 3.65. The molecule has 0 amide bonds. The minimum atomic E-state index is 0.796. The van der Waals surface area contributed by atoms with E-state index in [0.29, 0.717) is 0 Å². The van der Waals surface area contributed by atoms with Gasteiger partial charge in [0, 0.05) is 29.2 Å². The normalized spacial score (nSPS) is 16.2. The lowest BCUT2D eigenvalue weighted by atomic mass is 9.85. The Morgan fingerprint density at radius 2 is 2.19 bits per heavy atom. The van der Waals surface area contributed by atoms with Gasteiger partial charge in [0.15, 0.2) is 6.29 Å². The number of rotatable bonds is 3. The zero-order valence-corrected chi connectivity index (χ0v) is 9.23. The van der Waals surface area contributed by atoms with Gasteiger partial charge < -0.3 is 4.57 Å². The van der Waals surface area contributed by atoms with Gasteiger partial charge in [-0.05, 0) is 30.9 Å². The van der Waals surface area contributed by atoms with Gasteiger partial charge in [0.1, 0.15) is 0 Å². The predicted molar refractivity (Wildman–Crippen MR) is 64.7 cm³/mol. The van der Waals surface area contributed by atoms with Crippen LogP contribution < -0.4 is 0 Å². The molecule has 1 heterocycles. The summed E-state index contributed by atoms with van der Waals surface area (Å²) in [5.41, 5.74) is 1.99. The van der Waals surface area contributed by atoms with Crippen molar-refractivity contribution >= 4 is 17.2 Å². The highest BCUT2D eigenvalue weighted by molar-refractivity contribution is 5.97. The minimum absolute atomic E-state index is 0.796. The Bertz CT molecular complexity index is 523. The fourth-order valence-corrected chi connectivity index (χ4v) is 2.46. The number of nitrogens with zero attached hydrogens (tertiary/aromatic N) is 1. The number of fused-ring (bicyclic) bond motifs is 1.